The van der Waals surface area contributed by atoms with Crippen LogP contribution in [-0.2, 0) is 20.2 Å². The SMILES string of the molecule is O=[N+]([O-])c1cccc2ccc(S(=O)(=O)[O-])cc12.O=[N+]([O-])c1cccc2ccc(S(=O)(=O)[O-])cc12.[Mg+2]. The molecule has 0 spiro atoms. The Balaban J connectivity index is 0.000000240. The molecule has 176 valence electrons. The van der Waals surface area contributed by atoms with Crippen LogP contribution in [0.1, 0.15) is 0 Å². The molecule has 4 aromatic rings. The van der Waals surface area contributed by atoms with Gasteiger partial charge in [0.25, 0.3) is 11.4 Å². The summed E-state index contributed by atoms with van der Waals surface area (Å²) in [7, 11) is -9.22. The summed E-state index contributed by atoms with van der Waals surface area (Å²) in [4.78, 5) is 19.3. The minimum absolute atomic E-state index is 0. The predicted octanol–water partition coefficient (Wildman–Crippen LogP) is 2.92. The van der Waals surface area contributed by atoms with Gasteiger partial charge in [-0.1, -0.05) is 36.4 Å². The third-order valence-electron chi connectivity index (χ3n) is 4.63. The molecule has 0 heterocycles. The number of hydrogen-bond acceptors (Lipinski definition) is 10. The van der Waals surface area contributed by atoms with E-state index in [9.17, 15) is 46.2 Å². The van der Waals surface area contributed by atoms with E-state index in [0.717, 1.165) is 24.3 Å². The van der Waals surface area contributed by atoms with Gasteiger partial charge in [-0.25, -0.2) is 16.8 Å². The third-order valence-corrected chi connectivity index (χ3v) is 6.29. The maximum atomic E-state index is 10.8. The summed E-state index contributed by atoms with van der Waals surface area (Å²) >= 11 is 0. The van der Waals surface area contributed by atoms with Gasteiger partial charge in [0, 0.05) is 12.1 Å². The molecular formula is C20H12MgN2O10S2. The van der Waals surface area contributed by atoms with Crippen molar-refractivity contribution < 1.29 is 35.8 Å². The fourth-order valence-corrected chi connectivity index (χ4v) is 4.09. The summed E-state index contributed by atoms with van der Waals surface area (Å²) < 4.78 is 65.0. The van der Waals surface area contributed by atoms with Gasteiger partial charge in [-0.3, -0.25) is 20.2 Å². The summed E-state index contributed by atoms with van der Waals surface area (Å²) in [6.07, 6.45) is 0. The first-order valence-electron chi connectivity index (χ1n) is 9.05. The van der Waals surface area contributed by atoms with Crippen molar-refractivity contribution in [3.8, 4) is 0 Å². The zero-order valence-corrected chi connectivity index (χ0v) is 20.5. The van der Waals surface area contributed by atoms with E-state index in [-0.39, 0.29) is 45.2 Å². The molecule has 0 amide bonds. The van der Waals surface area contributed by atoms with Crippen LogP contribution in [0, 0.1) is 20.2 Å². The molecule has 0 aliphatic rings. The molecule has 0 bridgehead atoms. The molecule has 0 atom stereocenters. The third kappa shape index (κ3) is 6.47. The van der Waals surface area contributed by atoms with Gasteiger partial charge < -0.3 is 9.11 Å². The van der Waals surface area contributed by atoms with Gasteiger partial charge in [0.1, 0.15) is 20.2 Å². The molecule has 0 N–H and O–H groups in total. The van der Waals surface area contributed by atoms with Crippen LogP contribution in [0.15, 0.2) is 82.6 Å². The van der Waals surface area contributed by atoms with Crippen molar-refractivity contribution in [2.24, 2.45) is 0 Å². The molecule has 0 unspecified atom stereocenters. The van der Waals surface area contributed by atoms with Crippen LogP contribution >= 0.6 is 0 Å². The van der Waals surface area contributed by atoms with Crippen LogP contribution in [-0.4, -0.2) is 58.8 Å². The summed E-state index contributed by atoms with van der Waals surface area (Å²) in [6, 6.07) is 15.7. The second-order valence-corrected chi connectivity index (χ2v) is 9.50. The van der Waals surface area contributed by atoms with Gasteiger partial charge >= 0.3 is 23.1 Å². The van der Waals surface area contributed by atoms with Gasteiger partial charge in [-0.05, 0) is 35.0 Å². The van der Waals surface area contributed by atoms with E-state index in [1.807, 2.05) is 0 Å². The number of rotatable bonds is 4. The Hall–Kier alpha value is -3.21. The average molecular weight is 529 g/mol. The Bertz CT molecular complexity index is 1550. The number of benzene rings is 4. The van der Waals surface area contributed by atoms with E-state index in [1.165, 1.54) is 36.4 Å². The van der Waals surface area contributed by atoms with Crippen molar-refractivity contribution >= 4 is 76.2 Å². The quantitative estimate of drug-likeness (QED) is 0.164. The van der Waals surface area contributed by atoms with E-state index < -0.39 is 39.9 Å². The molecule has 4 aromatic carbocycles. The van der Waals surface area contributed by atoms with Crippen molar-refractivity contribution in [3.05, 3.63) is 93.0 Å². The minimum Gasteiger partial charge on any atom is -0.744 e. The number of hydrogen-bond donors (Lipinski definition) is 0. The molecule has 0 aliphatic carbocycles. The standard InChI is InChI=1S/2C10H7NO5S.Mg/c2*12-11(13)10-3-1-2-7-4-5-8(6-9(7)10)17(14,15)16;/h2*1-6H,(H,14,15,16);/q;;+2/p-2. The van der Waals surface area contributed by atoms with Crippen molar-refractivity contribution in [1.82, 2.24) is 0 Å². The fraction of sp³-hybridized carbons (Fsp3) is 0. The van der Waals surface area contributed by atoms with E-state index in [4.69, 9.17) is 0 Å². The molecule has 0 radical (unpaired) electrons. The van der Waals surface area contributed by atoms with Crippen LogP contribution in [0.3, 0.4) is 0 Å². The summed E-state index contributed by atoms with van der Waals surface area (Å²) in [5.41, 5.74) is -0.457. The molecule has 4 rings (SSSR count). The van der Waals surface area contributed by atoms with Gasteiger partial charge in [0.2, 0.25) is 0 Å². The second kappa shape index (κ2) is 10.6. The van der Waals surface area contributed by atoms with Crippen LogP contribution in [0.5, 0.6) is 0 Å². The molecule has 0 aromatic heterocycles. The van der Waals surface area contributed by atoms with Crippen LogP contribution < -0.4 is 0 Å². The number of nitrogens with zero attached hydrogens (tertiary/aromatic N) is 2. The number of nitro benzene ring substituents is 2. The van der Waals surface area contributed by atoms with E-state index >= 15 is 0 Å². The number of non-ortho nitro benzene ring substituents is 2. The first-order chi connectivity index (χ1) is 15.8. The molecule has 0 fully saturated rings. The predicted molar refractivity (Wildman–Crippen MR) is 123 cm³/mol. The fourth-order valence-electron chi connectivity index (χ4n) is 3.10. The second-order valence-electron chi connectivity index (χ2n) is 6.74. The largest absolute Gasteiger partial charge is 2.00 e. The Morgan fingerprint density at radius 1 is 0.571 bits per heavy atom. The van der Waals surface area contributed by atoms with E-state index in [1.54, 1.807) is 12.1 Å². The van der Waals surface area contributed by atoms with Gasteiger partial charge in [-0.15, -0.1) is 0 Å². The summed E-state index contributed by atoms with van der Waals surface area (Å²) in [5.74, 6) is 0. The van der Waals surface area contributed by atoms with E-state index in [0.29, 0.717) is 10.8 Å². The molecule has 0 saturated heterocycles. The normalized spacial score (nSPS) is 11.3. The first-order valence-corrected chi connectivity index (χ1v) is 11.9. The Kier molecular flexibility index (Phi) is 8.48. The minimum atomic E-state index is -4.61. The Morgan fingerprint density at radius 3 is 1.20 bits per heavy atom. The van der Waals surface area contributed by atoms with Crippen molar-refractivity contribution in [2.75, 3.05) is 0 Å². The average Bonchev–Trinajstić information content (AvgIpc) is 2.76. The van der Waals surface area contributed by atoms with E-state index in [2.05, 4.69) is 0 Å². The zero-order valence-electron chi connectivity index (χ0n) is 17.4. The van der Waals surface area contributed by atoms with Gasteiger partial charge in [-0.2, -0.15) is 0 Å². The van der Waals surface area contributed by atoms with Crippen LogP contribution in [0.4, 0.5) is 11.4 Å². The Labute approximate surface area is 214 Å². The molecule has 0 aliphatic heterocycles. The molecule has 12 nitrogen and oxygen atoms in total. The molecule has 35 heavy (non-hydrogen) atoms. The maximum Gasteiger partial charge on any atom is 2.00 e. The van der Waals surface area contributed by atoms with Crippen molar-refractivity contribution in [1.29, 1.82) is 0 Å². The van der Waals surface area contributed by atoms with Crippen molar-refractivity contribution in [3.63, 3.8) is 0 Å². The summed E-state index contributed by atoms with van der Waals surface area (Å²) in [6.45, 7) is 0. The maximum absolute atomic E-state index is 10.8. The molecular weight excluding hydrogens is 517 g/mol. The molecule has 0 saturated carbocycles. The smallest absolute Gasteiger partial charge is 0.744 e. The van der Waals surface area contributed by atoms with Gasteiger partial charge in [0.05, 0.1) is 30.4 Å². The summed E-state index contributed by atoms with van der Waals surface area (Å²) in [5, 5.41) is 22.8. The van der Waals surface area contributed by atoms with Gasteiger partial charge in [0.15, 0.2) is 0 Å². The van der Waals surface area contributed by atoms with Crippen molar-refractivity contribution in [2.45, 2.75) is 9.79 Å². The van der Waals surface area contributed by atoms with Crippen LogP contribution in [0.2, 0.25) is 0 Å². The molecule has 15 heteroatoms. The number of nitro groups is 2. The Morgan fingerprint density at radius 2 is 0.914 bits per heavy atom. The zero-order chi connectivity index (χ0) is 25.3. The first kappa shape index (κ1) is 28.0. The topological polar surface area (TPSA) is 201 Å². The number of fused-ring (bicyclic) bond motifs is 2. The monoisotopic (exact) mass is 528 g/mol. The van der Waals surface area contributed by atoms with Crippen LogP contribution in [0.25, 0.3) is 21.5 Å².